The summed E-state index contributed by atoms with van der Waals surface area (Å²) in [5.74, 6) is 1.08. The monoisotopic (exact) mass is 534 g/mol. The van der Waals surface area contributed by atoms with Crippen molar-refractivity contribution in [3.8, 4) is 5.75 Å². The molecule has 11 nitrogen and oxygen atoms in total. The molecule has 0 amide bonds. The van der Waals surface area contributed by atoms with E-state index in [0.717, 1.165) is 25.0 Å². The summed E-state index contributed by atoms with van der Waals surface area (Å²) in [6.07, 6.45) is 2.51. The molecule has 13 heteroatoms. The lowest BCUT2D eigenvalue weighted by atomic mass is 10.2. The number of rotatable bonds is 11. The second-order valence-electron chi connectivity index (χ2n) is 8.40. The fourth-order valence-corrected chi connectivity index (χ4v) is 4.01. The third-order valence-corrected chi connectivity index (χ3v) is 5.98. The highest BCUT2D eigenvalue weighted by atomic mass is 35.5. The van der Waals surface area contributed by atoms with Gasteiger partial charge in [-0.05, 0) is 32.3 Å². The van der Waals surface area contributed by atoms with Crippen LogP contribution in [0.15, 0.2) is 42.6 Å². The summed E-state index contributed by atoms with van der Waals surface area (Å²) in [6.45, 7) is 1.66. The minimum absolute atomic E-state index is 0.238. The largest absolute Gasteiger partial charge is 0.494 e. The Bertz CT molecular complexity index is 1320. The third-order valence-electron chi connectivity index (χ3n) is 5.11. The fourth-order valence-electron chi connectivity index (χ4n) is 3.30. The normalized spacial score (nSPS) is 11.3. The van der Waals surface area contributed by atoms with Crippen LogP contribution >= 0.6 is 11.6 Å². The predicted octanol–water partition coefficient (Wildman–Crippen LogP) is 3.58. The number of para-hydroxylation sites is 2. The molecule has 0 aliphatic heterocycles. The average Bonchev–Trinajstić information content (AvgIpc) is 2.80. The van der Waals surface area contributed by atoms with Gasteiger partial charge in [-0.3, -0.25) is 4.72 Å². The Labute approximate surface area is 216 Å². The van der Waals surface area contributed by atoms with Crippen molar-refractivity contribution in [2.75, 3.05) is 73.6 Å². The fraction of sp³-hybridized carbons (Fsp3) is 0.304. The van der Waals surface area contributed by atoms with Gasteiger partial charge in [-0.1, -0.05) is 23.7 Å². The van der Waals surface area contributed by atoms with E-state index in [-0.39, 0.29) is 16.8 Å². The number of nitrogens with zero attached hydrogens (tertiary/aromatic N) is 4. The Morgan fingerprint density at radius 1 is 1.06 bits per heavy atom. The van der Waals surface area contributed by atoms with Crippen LogP contribution in [0.25, 0.3) is 0 Å². The highest BCUT2D eigenvalue weighted by Crippen LogP contribution is 2.37. The van der Waals surface area contributed by atoms with Gasteiger partial charge in [-0.15, -0.1) is 0 Å². The molecule has 0 fully saturated rings. The van der Waals surface area contributed by atoms with E-state index in [9.17, 15) is 8.42 Å². The van der Waals surface area contributed by atoms with Gasteiger partial charge >= 0.3 is 0 Å². The number of hydrogen-bond acceptors (Lipinski definition) is 10. The van der Waals surface area contributed by atoms with Gasteiger partial charge in [0.05, 0.1) is 48.0 Å². The molecule has 0 saturated heterocycles. The number of sulfonamides is 1. The molecular formula is C23H31ClN8O3S. The second-order valence-corrected chi connectivity index (χ2v) is 10.6. The van der Waals surface area contributed by atoms with E-state index in [0.29, 0.717) is 28.5 Å². The maximum absolute atomic E-state index is 11.7. The molecule has 3 rings (SSSR count). The molecule has 5 N–H and O–H groups in total. The first kappa shape index (κ1) is 27.1. The van der Waals surface area contributed by atoms with Crippen molar-refractivity contribution in [3.63, 3.8) is 0 Å². The van der Waals surface area contributed by atoms with Crippen LogP contribution in [-0.4, -0.2) is 70.9 Å². The second kappa shape index (κ2) is 11.5. The van der Waals surface area contributed by atoms with E-state index < -0.39 is 10.0 Å². The summed E-state index contributed by atoms with van der Waals surface area (Å²) < 4.78 is 31.5. The standard InChI is InChI=1S/C23H31ClN8O3S/c1-31(2)10-11-32(3)20-13-21(35-4)19(12-16(20)25)28-23-26-14-15(24)22(29-23)27-17-8-6-7-9-18(17)30-36(5,33)34/h6-9,12-14,30H,10-11,25H2,1-5H3,(H2,26,27,28,29). The van der Waals surface area contributed by atoms with Crippen molar-refractivity contribution in [3.05, 3.63) is 47.6 Å². The Kier molecular flexibility index (Phi) is 8.66. The Hall–Kier alpha value is -3.48. The molecule has 0 saturated carbocycles. The van der Waals surface area contributed by atoms with Crippen LogP contribution in [0.3, 0.4) is 0 Å². The van der Waals surface area contributed by atoms with Crippen molar-refractivity contribution in [1.29, 1.82) is 0 Å². The van der Waals surface area contributed by atoms with Gasteiger partial charge in [0, 0.05) is 26.2 Å². The number of anilines is 7. The van der Waals surface area contributed by atoms with Crippen molar-refractivity contribution in [2.24, 2.45) is 0 Å². The predicted molar refractivity (Wildman–Crippen MR) is 148 cm³/mol. The first-order valence-electron chi connectivity index (χ1n) is 10.9. The average molecular weight is 535 g/mol. The molecule has 0 bridgehead atoms. The van der Waals surface area contributed by atoms with Gasteiger partial charge in [-0.25, -0.2) is 13.4 Å². The maximum Gasteiger partial charge on any atom is 0.229 e. The molecule has 1 aromatic heterocycles. The lowest BCUT2D eigenvalue weighted by Crippen LogP contribution is -2.29. The quantitative estimate of drug-likeness (QED) is 0.270. The lowest BCUT2D eigenvalue weighted by molar-refractivity contribution is 0.413. The van der Waals surface area contributed by atoms with E-state index in [1.165, 1.54) is 6.20 Å². The molecule has 2 aromatic carbocycles. The topological polar surface area (TPSA) is 138 Å². The van der Waals surface area contributed by atoms with Gasteiger partial charge in [0.15, 0.2) is 5.82 Å². The molecule has 0 aliphatic rings. The Morgan fingerprint density at radius 3 is 2.39 bits per heavy atom. The number of nitrogen functional groups attached to an aromatic ring is 1. The Balaban J connectivity index is 1.87. The maximum atomic E-state index is 11.7. The van der Waals surface area contributed by atoms with Crippen LogP contribution in [0.2, 0.25) is 5.02 Å². The molecule has 36 heavy (non-hydrogen) atoms. The third kappa shape index (κ3) is 7.26. The molecule has 1 heterocycles. The zero-order chi connectivity index (χ0) is 26.5. The first-order chi connectivity index (χ1) is 17.0. The number of hydrogen-bond donors (Lipinski definition) is 4. The van der Waals surface area contributed by atoms with Gasteiger partial charge in [0.25, 0.3) is 0 Å². The van der Waals surface area contributed by atoms with Crippen molar-refractivity contribution < 1.29 is 13.2 Å². The lowest BCUT2D eigenvalue weighted by Gasteiger charge is -2.24. The van der Waals surface area contributed by atoms with Gasteiger partial charge in [-0.2, -0.15) is 4.98 Å². The van der Waals surface area contributed by atoms with Crippen LogP contribution in [0.4, 0.5) is 40.2 Å². The molecule has 0 spiro atoms. The van der Waals surface area contributed by atoms with Crippen LogP contribution in [-0.2, 0) is 10.0 Å². The van der Waals surface area contributed by atoms with Crippen LogP contribution in [0.5, 0.6) is 5.75 Å². The number of benzene rings is 2. The van der Waals surface area contributed by atoms with Gasteiger partial charge < -0.3 is 30.9 Å². The Morgan fingerprint density at radius 2 is 1.75 bits per heavy atom. The van der Waals surface area contributed by atoms with Crippen molar-refractivity contribution in [1.82, 2.24) is 14.9 Å². The summed E-state index contributed by atoms with van der Waals surface area (Å²) in [4.78, 5) is 12.9. The van der Waals surface area contributed by atoms with Crippen molar-refractivity contribution >= 4 is 61.8 Å². The number of aromatic nitrogens is 2. The zero-order valence-corrected chi connectivity index (χ0v) is 22.4. The molecule has 0 atom stereocenters. The summed E-state index contributed by atoms with van der Waals surface area (Å²) in [7, 11) is 4.09. The highest BCUT2D eigenvalue weighted by Gasteiger charge is 2.15. The number of ether oxygens (including phenoxy) is 1. The van der Waals surface area contributed by atoms with Crippen molar-refractivity contribution in [2.45, 2.75) is 0 Å². The number of halogens is 1. The zero-order valence-electron chi connectivity index (χ0n) is 20.8. The molecular weight excluding hydrogens is 504 g/mol. The summed E-state index contributed by atoms with van der Waals surface area (Å²) in [6, 6.07) is 10.4. The van der Waals surface area contributed by atoms with E-state index in [2.05, 4.69) is 35.1 Å². The number of methoxy groups -OCH3 is 1. The number of likely N-dealkylation sites (N-methyl/N-ethyl adjacent to an activating group) is 2. The molecule has 194 valence electrons. The van der Waals surface area contributed by atoms with E-state index in [4.69, 9.17) is 22.1 Å². The molecule has 0 radical (unpaired) electrons. The summed E-state index contributed by atoms with van der Waals surface area (Å²) in [5, 5.41) is 6.43. The summed E-state index contributed by atoms with van der Waals surface area (Å²) in [5.41, 5.74) is 9.16. The van der Waals surface area contributed by atoms with Crippen LogP contribution < -0.4 is 30.7 Å². The summed E-state index contributed by atoms with van der Waals surface area (Å²) >= 11 is 6.32. The molecule has 3 aromatic rings. The smallest absolute Gasteiger partial charge is 0.229 e. The van der Waals surface area contributed by atoms with Gasteiger partial charge in [0.2, 0.25) is 16.0 Å². The molecule has 0 aliphatic carbocycles. The first-order valence-corrected chi connectivity index (χ1v) is 13.2. The van der Waals surface area contributed by atoms with E-state index >= 15 is 0 Å². The minimum Gasteiger partial charge on any atom is -0.494 e. The van der Waals surface area contributed by atoms with Crippen LogP contribution in [0.1, 0.15) is 0 Å². The van der Waals surface area contributed by atoms with E-state index in [1.54, 1.807) is 37.4 Å². The van der Waals surface area contributed by atoms with Crippen LogP contribution in [0, 0.1) is 0 Å². The van der Waals surface area contributed by atoms with Gasteiger partial charge in [0.1, 0.15) is 10.8 Å². The highest BCUT2D eigenvalue weighted by molar-refractivity contribution is 7.92. The number of nitrogens with two attached hydrogens (primary N) is 1. The number of nitrogens with one attached hydrogen (secondary N) is 3. The van der Waals surface area contributed by atoms with E-state index in [1.807, 2.05) is 27.2 Å². The SMILES string of the molecule is COc1cc(N(C)CCN(C)C)c(N)cc1Nc1ncc(Cl)c(Nc2ccccc2NS(C)(=O)=O)n1. The molecule has 0 unspecified atom stereocenters. The minimum atomic E-state index is -3.48.